The summed E-state index contributed by atoms with van der Waals surface area (Å²) < 4.78 is 43.6. The normalized spacial score (nSPS) is 22.0. The van der Waals surface area contributed by atoms with Crippen molar-refractivity contribution in [2.24, 2.45) is 0 Å². The lowest BCUT2D eigenvalue weighted by molar-refractivity contribution is -0.137. The second-order valence-corrected chi connectivity index (χ2v) is 4.22. The lowest BCUT2D eigenvalue weighted by Gasteiger charge is -2.27. The molecule has 96 valence electrons. The van der Waals surface area contributed by atoms with Crippen molar-refractivity contribution in [3.05, 3.63) is 53.6 Å². The molecule has 0 amide bonds. The Labute approximate surface area is 104 Å². The molecule has 1 atom stereocenters. The Morgan fingerprint density at radius 1 is 1.39 bits per heavy atom. The maximum absolute atomic E-state index is 12.7. The molecule has 0 N–H and O–H groups in total. The first kappa shape index (κ1) is 12.9. The van der Waals surface area contributed by atoms with E-state index in [4.69, 9.17) is 4.74 Å². The summed E-state index contributed by atoms with van der Waals surface area (Å²) in [5, 5.41) is 0. The van der Waals surface area contributed by atoms with Gasteiger partial charge in [0.1, 0.15) is 5.60 Å². The molecular weight excluding hydrogens is 241 g/mol. The highest BCUT2D eigenvalue weighted by Gasteiger charge is 2.37. The molecule has 18 heavy (non-hydrogen) atoms. The molecule has 0 aliphatic heterocycles. The van der Waals surface area contributed by atoms with Crippen molar-refractivity contribution in [3.63, 3.8) is 0 Å². The van der Waals surface area contributed by atoms with E-state index >= 15 is 0 Å². The summed E-state index contributed by atoms with van der Waals surface area (Å²) in [6.45, 7) is 3.63. The van der Waals surface area contributed by atoms with Crippen molar-refractivity contribution in [1.29, 1.82) is 0 Å². The average molecular weight is 254 g/mol. The molecule has 1 aromatic carbocycles. The van der Waals surface area contributed by atoms with Crippen molar-refractivity contribution in [2.75, 3.05) is 7.11 Å². The Morgan fingerprint density at radius 3 is 2.67 bits per heavy atom. The van der Waals surface area contributed by atoms with E-state index in [0.29, 0.717) is 12.0 Å². The van der Waals surface area contributed by atoms with Crippen LogP contribution >= 0.6 is 0 Å². The molecular formula is C14H13F3O. The minimum absolute atomic E-state index is 0.439. The Hall–Kier alpha value is -1.55. The highest BCUT2D eigenvalue weighted by molar-refractivity contribution is 5.65. The van der Waals surface area contributed by atoms with Crippen molar-refractivity contribution in [2.45, 2.75) is 18.2 Å². The van der Waals surface area contributed by atoms with E-state index in [0.717, 1.165) is 17.7 Å². The van der Waals surface area contributed by atoms with E-state index in [2.05, 4.69) is 6.58 Å². The van der Waals surface area contributed by atoms with E-state index in [1.54, 1.807) is 18.2 Å². The highest BCUT2D eigenvalue weighted by atomic mass is 19.4. The molecule has 1 aromatic rings. The zero-order valence-corrected chi connectivity index (χ0v) is 9.92. The van der Waals surface area contributed by atoms with Crippen molar-refractivity contribution < 1.29 is 17.9 Å². The van der Waals surface area contributed by atoms with Crippen LogP contribution in [0.25, 0.3) is 6.08 Å². The van der Waals surface area contributed by atoms with E-state index in [9.17, 15) is 13.2 Å². The van der Waals surface area contributed by atoms with Crippen molar-refractivity contribution >= 4 is 6.08 Å². The molecule has 0 spiro atoms. The first-order valence-electron chi connectivity index (χ1n) is 5.50. The van der Waals surface area contributed by atoms with Gasteiger partial charge in [0, 0.05) is 13.5 Å². The van der Waals surface area contributed by atoms with E-state index in [-0.39, 0.29) is 0 Å². The zero-order chi connectivity index (χ0) is 13.4. The van der Waals surface area contributed by atoms with Gasteiger partial charge in [-0.1, -0.05) is 18.2 Å². The topological polar surface area (TPSA) is 9.23 Å². The molecule has 0 radical (unpaired) electrons. The maximum atomic E-state index is 12.7. The minimum atomic E-state index is -4.34. The molecule has 0 heterocycles. The second kappa shape index (κ2) is 4.28. The van der Waals surface area contributed by atoms with Gasteiger partial charge in [0.2, 0.25) is 0 Å². The van der Waals surface area contributed by atoms with Gasteiger partial charge in [-0.05, 0) is 29.3 Å². The predicted octanol–water partition coefficient (Wildman–Crippen LogP) is 4.15. The molecule has 4 heteroatoms. The van der Waals surface area contributed by atoms with E-state index in [1.807, 2.05) is 0 Å². The molecule has 1 unspecified atom stereocenters. The Bertz CT molecular complexity index is 502. The number of ether oxygens (including phenoxy) is 1. The smallest absolute Gasteiger partial charge is 0.369 e. The number of alkyl halides is 3. The Balaban J connectivity index is 2.53. The van der Waals surface area contributed by atoms with Crippen LogP contribution in [0.2, 0.25) is 0 Å². The standard InChI is InChI=1S/C14H13F3O/c1-3-7-13(18-2)8-6-10-4-5-11(9-12(10)13)14(15,16)17/h3-6,8-9H,1,7H2,2H3. The highest BCUT2D eigenvalue weighted by Crippen LogP contribution is 2.42. The van der Waals surface area contributed by atoms with Crippen LogP contribution in [-0.2, 0) is 16.5 Å². The summed E-state index contributed by atoms with van der Waals surface area (Å²) in [4.78, 5) is 0. The summed E-state index contributed by atoms with van der Waals surface area (Å²) in [6.07, 6.45) is 1.30. The number of methoxy groups -OCH3 is 1. The molecule has 0 saturated heterocycles. The maximum Gasteiger partial charge on any atom is 0.416 e. The summed E-state index contributed by atoms with van der Waals surface area (Å²) in [5.74, 6) is 0. The fraction of sp³-hybridized carbons (Fsp3) is 0.286. The van der Waals surface area contributed by atoms with Crippen molar-refractivity contribution in [1.82, 2.24) is 0 Å². The monoisotopic (exact) mass is 254 g/mol. The molecule has 0 bridgehead atoms. The third kappa shape index (κ3) is 1.97. The number of hydrogen-bond acceptors (Lipinski definition) is 1. The van der Waals surface area contributed by atoms with Crippen LogP contribution in [0.4, 0.5) is 13.2 Å². The van der Waals surface area contributed by atoms with Gasteiger partial charge in [0.15, 0.2) is 0 Å². The third-order valence-corrected chi connectivity index (χ3v) is 3.18. The quantitative estimate of drug-likeness (QED) is 0.736. The van der Waals surface area contributed by atoms with Gasteiger partial charge in [-0.15, -0.1) is 6.58 Å². The van der Waals surface area contributed by atoms with E-state index in [1.165, 1.54) is 13.2 Å². The van der Waals surface area contributed by atoms with Crippen LogP contribution < -0.4 is 0 Å². The number of halogens is 3. The van der Waals surface area contributed by atoms with Crippen molar-refractivity contribution in [3.8, 4) is 0 Å². The van der Waals surface area contributed by atoms with Crippen LogP contribution in [0.1, 0.15) is 23.1 Å². The first-order valence-corrected chi connectivity index (χ1v) is 5.50. The predicted molar refractivity (Wildman–Crippen MR) is 64.0 cm³/mol. The lowest BCUT2D eigenvalue weighted by atomic mass is 9.91. The molecule has 0 fully saturated rings. The van der Waals surface area contributed by atoms with Gasteiger partial charge < -0.3 is 4.74 Å². The summed E-state index contributed by atoms with van der Waals surface area (Å²) in [7, 11) is 1.49. The summed E-state index contributed by atoms with van der Waals surface area (Å²) >= 11 is 0. The second-order valence-electron chi connectivity index (χ2n) is 4.22. The fourth-order valence-corrected chi connectivity index (χ4v) is 2.21. The Morgan fingerprint density at radius 2 is 2.11 bits per heavy atom. The molecule has 1 aliphatic rings. The molecule has 1 nitrogen and oxygen atoms in total. The van der Waals surface area contributed by atoms with Crippen LogP contribution in [0.5, 0.6) is 0 Å². The van der Waals surface area contributed by atoms with Crippen LogP contribution in [0.3, 0.4) is 0 Å². The summed E-state index contributed by atoms with van der Waals surface area (Å²) in [5.41, 5.74) is -0.180. The van der Waals surface area contributed by atoms with Gasteiger partial charge in [0.25, 0.3) is 0 Å². The molecule has 0 saturated carbocycles. The van der Waals surface area contributed by atoms with E-state index < -0.39 is 17.3 Å². The van der Waals surface area contributed by atoms with Crippen LogP contribution in [0, 0.1) is 0 Å². The molecule has 0 aromatic heterocycles. The SMILES string of the molecule is C=CCC1(OC)C=Cc2ccc(C(F)(F)F)cc21. The van der Waals surface area contributed by atoms with Gasteiger partial charge >= 0.3 is 6.18 Å². The Kier molecular flexibility index (Phi) is 3.07. The minimum Gasteiger partial charge on any atom is -0.369 e. The van der Waals surface area contributed by atoms with Crippen LogP contribution in [-0.4, -0.2) is 7.11 Å². The van der Waals surface area contributed by atoms with Crippen LogP contribution in [0.15, 0.2) is 36.9 Å². The average Bonchev–Trinajstić information content (AvgIpc) is 2.68. The zero-order valence-electron chi connectivity index (χ0n) is 9.92. The number of benzene rings is 1. The van der Waals surface area contributed by atoms with Gasteiger partial charge in [-0.25, -0.2) is 0 Å². The van der Waals surface area contributed by atoms with Gasteiger partial charge in [0.05, 0.1) is 5.56 Å². The summed E-state index contributed by atoms with van der Waals surface area (Å²) in [6, 6.07) is 3.71. The third-order valence-electron chi connectivity index (χ3n) is 3.18. The van der Waals surface area contributed by atoms with Gasteiger partial charge in [-0.2, -0.15) is 13.2 Å². The number of fused-ring (bicyclic) bond motifs is 1. The molecule has 2 rings (SSSR count). The largest absolute Gasteiger partial charge is 0.416 e. The first-order chi connectivity index (χ1) is 8.43. The fourth-order valence-electron chi connectivity index (χ4n) is 2.21. The molecule has 1 aliphatic carbocycles. The number of rotatable bonds is 3. The van der Waals surface area contributed by atoms with Gasteiger partial charge in [-0.3, -0.25) is 0 Å². The number of hydrogen-bond donors (Lipinski definition) is 0. The lowest BCUT2D eigenvalue weighted by Crippen LogP contribution is -2.24.